The standard InChI is InChI=1S/C41H22F2N6O2S3/c1-19-7-11-22(12-8-19)49(23-13-9-20(2)10-14-23)41-25-6-4-3-5-24(25)40(52-41)29-17-26-27(33-35(29)47-53-45-33)18-31(37-34(26)46-54-48-37)44-36-28-15-21(42)16-30(43)32(28)38(50)39(36)51/h3-18H,1-2H3/b44-36-. The SMILES string of the molecule is Cc1ccc(N(c2ccc(C)cc2)c2sc(-c3cc4c(cc(/N=c5\c(=O)c(=O)c6c(F)cc(F)cc56)c5nsnc54)c4nsnc34)c3ccccc23)cc1. The number of thiophene rings is 1. The van der Waals surface area contributed by atoms with E-state index in [2.05, 4.69) is 93.2 Å². The number of aromatic nitrogens is 4. The molecule has 0 N–H and O–H groups in total. The highest BCUT2D eigenvalue weighted by molar-refractivity contribution is 7.22. The van der Waals surface area contributed by atoms with Crippen molar-refractivity contribution >= 4 is 111 Å². The molecule has 0 fully saturated rings. The molecule has 0 radical (unpaired) electrons. The molecule has 3 aromatic heterocycles. The summed E-state index contributed by atoms with van der Waals surface area (Å²) in [5.74, 6) is -2.03. The molecule has 0 aliphatic carbocycles. The lowest BCUT2D eigenvalue weighted by Crippen LogP contribution is -2.30. The molecule has 0 atom stereocenters. The van der Waals surface area contributed by atoms with Crippen molar-refractivity contribution < 1.29 is 8.78 Å². The molecule has 0 saturated heterocycles. The molecule has 260 valence electrons. The van der Waals surface area contributed by atoms with Crippen LogP contribution in [-0.2, 0) is 0 Å². The van der Waals surface area contributed by atoms with E-state index < -0.39 is 27.9 Å². The Bertz CT molecular complexity index is 3280. The maximum atomic E-state index is 14.7. The summed E-state index contributed by atoms with van der Waals surface area (Å²) in [7, 11) is 0. The molecule has 8 nitrogen and oxygen atoms in total. The summed E-state index contributed by atoms with van der Waals surface area (Å²) in [6.07, 6.45) is 0. The second kappa shape index (κ2) is 12.2. The normalized spacial score (nSPS) is 12.3. The van der Waals surface area contributed by atoms with Gasteiger partial charge in [-0.2, -0.15) is 17.5 Å². The first kappa shape index (κ1) is 32.5. The molecule has 54 heavy (non-hydrogen) atoms. The Balaban J connectivity index is 1.23. The Hall–Kier alpha value is -6.15. The number of halogens is 2. The fourth-order valence-electron chi connectivity index (χ4n) is 7.08. The first-order chi connectivity index (χ1) is 26.2. The van der Waals surface area contributed by atoms with Crippen LogP contribution in [0.4, 0.5) is 30.8 Å². The van der Waals surface area contributed by atoms with Crippen molar-refractivity contribution in [2.75, 3.05) is 4.90 Å². The van der Waals surface area contributed by atoms with E-state index in [0.29, 0.717) is 33.5 Å². The largest absolute Gasteiger partial charge is 0.301 e. The first-order valence-electron chi connectivity index (χ1n) is 16.7. The number of aryl methyl sites for hydroxylation is 2. The predicted molar refractivity (Wildman–Crippen MR) is 215 cm³/mol. The van der Waals surface area contributed by atoms with Crippen LogP contribution in [0.5, 0.6) is 0 Å². The monoisotopic (exact) mass is 764 g/mol. The van der Waals surface area contributed by atoms with Gasteiger partial charge in [0.15, 0.2) is 0 Å². The molecule has 0 spiro atoms. The maximum Gasteiger partial charge on any atom is 0.252 e. The van der Waals surface area contributed by atoms with Gasteiger partial charge in [0.2, 0.25) is 5.43 Å². The third kappa shape index (κ3) is 4.92. The van der Waals surface area contributed by atoms with E-state index in [9.17, 15) is 18.4 Å². The maximum absolute atomic E-state index is 14.7. The summed E-state index contributed by atoms with van der Waals surface area (Å²) in [6, 6.07) is 30.6. The van der Waals surface area contributed by atoms with Crippen LogP contribution < -0.4 is 21.1 Å². The average Bonchev–Trinajstić information content (AvgIpc) is 3.97. The topological polar surface area (TPSA) is 101 Å². The number of rotatable bonds is 5. The van der Waals surface area contributed by atoms with Crippen molar-refractivity contribution in [1.29, 1.82) is 0 Å². The zero-order valence-electron chi connectivity index (χ0n) is 28.2. The van der Waals surface area contributed by atoms with Crippen LogP contribution in [0.15, 0.2) is 112 Å². The van der Waals surface area contributed by atoms with Gasteiger partial charge in [-0.3, -0.25) is 9.59 Å². The van der Waals surface area contributed by atoms with Crippen LogP contribution in [-0.4, -0.2) is 17.5 Å². The fourth-order valence-corrected chi connectivity index (χ4v) is 9.56. The molecule has 0 aliphatic rings. The Morgan fingerprint density at radius 1 is 0.611 bits per heavy atom. The number of benzene rings is 6. The third-order valence-corrected chi connectivity index (χ3v) is 12.0. The average molecular weight is 765 g/mol. The van der Waals surface area contributed by atoms with Crippen molar-refractivity contribution in [3.8, 4) is 10.4 Å². The van der Waals surface area contributed by atoms with Crippen molar-refractivity contribution in [2.45, 2.75) is 13.8 Å². The minimum absolute atomic E-state index is 0.194. The third-order valence-electron chi connectivity index (χ3n) is 9.67. The highest BCUT2D eigenvalue weighted by atomic mass is 32.1. The van der Waals surface area contributed by atoms with Gasteiger partial charge in [0, 0.05) is 54.8 Å². The van der Waals surface area contributed by atoms with Gasteiger partial charge in [0.05, 0.1) is 34.5 Å². The number of anilines is 3. The van der Waals surface area contributed by atoms with Crippen LogP contribution >= 0.6 is 34.8 Å². The molecule has 0 unspecified atom stereocenters. The summed E-state index contributed by atoms with van der Waals surface area (Å²) >= 11 is 3.71. The molecule has 3 heterocycles. The number of hydrogen-bond acceptors (Lipinski definition) is 11. The van der Waals surface area contributed by atoms with Crippen molar-refractivity contribution in [3.05, 3.63) is 146 Å². The molecule has 0 bridgehead atoms. The van der Waals surface area contributed by atoms with Gasteiger partial charge < -0.3 is 4.90 Å². The van der Waals surface area contributed by atoms with Gasteiger partial charge in [-0.1, -0.05) is 59.7 Å². The van der Waals surface area contributed by atoms with Gasteiger partial charge in [0.1, 0.15) is 44.1 Å². The van der Waals surface area contributed by atoms with Gasteiger partial charge in [0.25, 0.3) is 5.43 Å². The first-order valence-corrected chi connectivity index (χ1v) is 19.0. The molecule has 10 rings (SSSR count). The lowest BCUT2D eigenvalue weighted by Gasteiger charge is -2.24. The van der Waals surface area contributed by atoms with Crippen LogP contribution in [0.2, 0.25) is 0 Å². The van der Waals surface area contributed by atoms with Gasteiger partial charge in [-0.05, 0) is 56.3 Å². The van der Waals surface area contributed by atoms with E-state index >= 15 is 0 Å². The molecule has 13 heteroatoms. The van der Waals surface area contributed by atoms with Crippen molar-refractivity contribution in [1.82, 2.24) is 17.5 Å². The zero-order valence-corrected chi connectivity index (χ0v) is 30.7. The second-order valence-electron chi connectivity index (χ2n) is 13.1. The highest BCUT2D eigenvalue weighted by Gasteiger charge is 2.25. The summed E-state index contributed by atoms with van der Waals surface area (Å²) in [5.41, 5.74) is 5.55. The smallest absolute Gasteiger partial charge is 0.252 e. The van der Waals surface area contributed by atoms with Crippen LogP contribution in [0.3, 0.4) is 0 Å². The summed E-state index contributed by atoms with van der Waals surface area (Å²) in [6.45, 7) is 4.15. The zero-order chi connectivity index (χ0) is 36.8. The van der Waals surface area contributed by atoms with Crippen LogP contribution in [0.1, 0.15) is 11.1 Å². The molecule has 7 aromatic carbocycles. The van der Waals surface area contributed by atoms with Crippen LogP contribution in [0.25, 0.3) is 64.8 Å². The van der Waals surface area contributed by atoms with E-state index in [1.54, 1.807) is 17.4 Å². The summed E-state index contributed by atoms with van der Waals surface area (Å²) in [4.78, 5) is 33.7. The lowest BCUT2D eigenvalue weighted by molar-refractivity contribution is 0.592. The molecular weight excluding hydrogens is 743 g/mol. The van der Waals surface area contributed by atoms with Crippen LogP contribution in [0, 0.1) is 25.5 Å². The fraction of sp³-hybridized carbons (Fsp3) is 0.0488. The molecule has 0 saturated carbocycles. The quantitative estimate of drug-likeness (QED) is 0.161. The number of fused-ring (bicyclic) bond motifs is 7. The minimum Gasteiger partial charge on any atom is -0.301 e. The molecular formula is C41H22F2N6O2S3. The Kier molecular flexibility index (Phi) is 7.34. The van der Waals surface area contributed by atoms with E-state index in [1.165, 1.54) is 11.1 Å². The Morgan fingerprint density at radius 2 is 1.20 bits per heavy atom. The number of nitrogens with zero attached hydrogens (tertiary/aromatic N) is 6. The predicted octanol–water partition coefficient (Wildman–Crippen LogP) is 10.1. The molecule has 0 aliphatic heterocycles. The summed E-state index contributed by atoms with van der Waals surface area (Å²) < 4.78 is 47.6. The highest BCUT2D eigenvalue weighted by Crippen LogP contribution is 2.51. The van der Waals surface area contributed by atoms with Crippen molar-refractivity contribution in [3.63, 3.8) is 0 Å². The minimum atomic E-state index is -1.11. The van der Waals surface area contributed by atoms with Gasteiger partial charge in [-0.25, -0.2) is 13.8 Å². The van der Waals surface area contributed by atoms with Crippen molar-refractivity contribution in [2.24, 2.45) is 4.99 Å². The lowest BCUT2D eigenvalue weighted by atomic mass is 9.99. The van der Waals surface area contributed by atoms with E-state index in [0.717, 1.165) is 72.5 Å². The van der Waals surface area contributed by atoms with E-state index in [4.69, 9.17) is 8.75 Å². The molecule has 0 amide bonds. The Labute approximate surface area is 315 Å². The molecule has 10 aromatic rings. The van der Waals surface area contributed by atoms with Gasteiger partial charge >= 0.3 is 0 Å². The Morgan fingerprint density at radius 3 is 1.89 bits per heavy atom. The van der Waals surface area contributed by atoms with E-state index in [1.807, 2.05) is 18.2 Å². The summed E-state index contributed by atoms with van der Waals surface area (Å²) in [5, 5.41) is 3.54. The van der Waals surface area contributed by atoms with Gasteiger partial charge in [-0.15, -0.1) is 11.3 Å². The van der Waals surface area contributed by atoms with E-state index in [-0.39, 0.29) is 16.4 Å². The number of hydrogen-bond donors (Lipinski definition) is 0. The second-order valence-corrected chi connectivity index (χ2v) is 15.1.